The number of Topliss-reactive ketones (excluding diaryl/α,β-unsaturated/α-hetero) is 1. The molecule has 1 nitrogen and oxygen atoms in total. The van der Waals surface area contributed by atoms with Crippen molar-refractivity contribution < 1.29 is 4.79 Å². The average Bonchev–Trinajstić information content (AvgIpc) is 2.17. The number of carbonyl (C=O) groups is 1. The molecule has 0 bridgehead atoms. The van der Waals surface area contributed by atoms with Gasteiger partial charge in [0.25, 0.3) is 0 Å². The van der Waals surface area contributed by atoms with Crippen molar-refractivity contribution in [1.82, 2.24) is 0 Å². The van der Waals surface area contributed by atoms with Crippen molar-refractivity contribution in [3.8, 4) is 0 Å². The van der Waals surface area contributed by atoms with E-state index in [0.717, 1.165) is 31.3 Å². The monoisotopic (exact) mass is 208 g/mol. The third-order valence-corrected chi connectivity index (χ3v) is 3.16. The molecule has 0 fully saturated rings. The highest BCUT2D eigenvalue weighted by molar-refractivity contribution is 5.95. The van der Waals surface area contributed by atoms with E-state index in [1.54, 1.807) is 0 Å². The molecule has 1 aliphatic rings. The first-order valence-corrected chi connectivity index (χ1v) is 6.57. The van der Waals surface area contributed by atoms with Gasteiger partial charge in [-0.05, 0) is 37.7 Å². The molecular weight excluding hydrogens is 184 g/mol. The van der Waals surface area contributed by atoms with Gasteiger partial charge in [-0.2, -0.15) is 0 Å². The molecular formula is C14H24O. The van der Waals surface area contributed by atoms with E-state index < -0.39 is 0 Å². The van der Waals surface area contributed by atoms with Crippen LogP contribution in [-0.2, 0) is 4.79 Å². The molecule has 1 heteroatoms. The molecule has 0 aliphatic heterocycles. The summed E-state index contributed by atoms with van der Waals surface area (Å²) in [6.45, 7) is 2.18. The maximum Gasteiger partial charge on any atom is 0.158 e. The molecule has 0 aromatic rings. The topological polar surface area (TPSA) is 17.1 Å². The summed E-state index contributed by atoms with van der Waals surface area (Å²) in [5.41, 5.74) is 1.13. The molecule has 0 saturated heterocycles. The fourth-order valence-corrected chi connectivity index (χ4v) is 2.14. The zero-order valence-electron chi connectivity index (χ0n) is 10.1. The largest absolute Gasteiger partial charge is 0.295 e. The van der Waals surface area contributed by atoms with Crippen LogP contribution in [0, 0.1) is 0 Å². The number of rotatable bonds is 5. The van der Waals surface area contributed by atoms with E-state index in [1.165, 1.54) is 38.5 Å². The zero-order valence-corrected chi connectivity index (χ0v) is 10.1. The summed E-state index contributed by atoms with van der Waals surface area (Å²) in [6, 6.07) is 0. The molecule has 0 saturated carbocycles. The van der Waals surface area contributed by atoms with Gasteiger partial charge in [-0.15, -0.1) is 0 Å². The van der Waals surface area contributed by atoms with Crippen molar-refractivity contribution in [2.75, 3.05) is 0 Å². The zero-order chi connectivity index (χ0) is 10.9. The summed E-state index contributed by atoms with van der Waals surface area (Å²) < 4.78 is 0. The second kappa shape index (κ2) is 7.67. The van der Waals surface area contributed by atoms with Crippen LogP contribution in [0.5, 0.6) is 0 Å². The van der Waals surface area contributed by atoms with Gasteiger partial charge in [0.15, 0.2) is 5.78 Å². The van der Waals surface area contributed by atoms with Gasteiger partial charge in [0.2, 0.25) is 0 Å². The van der Waals surface area contributed by atoms with E-state index in [1.807, 2.05) is 0 Å². The first-order valence-electron chi connectivity index (χ1n) is 6.57. The van der Waals surface area contributed by atoms with Gasteiger partial charge >= 0.3 is 0 Å². The third-order valence-electron chi connectivity index (χ3n) is 3.16. The molecule has 0 spiro atoms. The van der Waals surface area contributed by atoms with E-state index in [-0.39, 0.29) is 0 Å². The molecule has 0 N–H and O–H groups in total. The Morgan fingerprint density at radius 3 is 2.80 bits per heavy atom. The second-order valence-electron chi connectivity index (χ2n) is 4.56. The van der Waals surface area contributed by atoms with E-state index in [0.29, 0.717) is 5.78 Å². The second-order valence-corrected chi connectivity index (χ2v) is 4.56. The van der Waals surface area contributed by atoms with Crippen LogP contribution in [0.3, 0.4) is 0 Å². The number of allylic oxidation sites excluding steroid dienone is 2. The minimum atomic E-state index is 0.422. The molecule has 1 rings (SSSR count). The Morgan fingerprint density at radius 1 is 1.20 bits per heavy atom. The summed E-state index contributed by atoms with van der Waals surface area (Å²) in [7, 11) is 0. The number of ketones is 1. The summed E-state index contributed by atoms with van der Waals surface area (Å²) >= 11 is 0. The SMILES string of the molecule is CCCCCC(=O)C1=CCCCCCC1. The Hall–Kier alpha value is -0.590. The first kappa shape index (κ1) is 12.5. The average molecular weight is 208 g/mol. The lowest BCUT2D eigenvalue weighted by molar-refractivity contribution is -0.115. The van der Waals surface area contributed by atoms with Gasteiger partial charge < -0.3 is 0 Å². The van der Waals surface area contributed by atoms with Gasteiger partial charge in [0, 0.05) is 6.42 Å². The van der Waals surface area contributed by atoms with Crippen molar-refractivity contribution in [1.29, 1.82) is 0 Å². The van der Waals surface area contributed by atoms with E-state index in [2.05, 4.69) is 13.0 Å². The highest BCUT2D eigenvalue weighted by atomic mass is 16.1. The third kappa shape index (κ3) is 5.15. The Bertz CT molecular complexity index is 215. The number of hydrogen-bond acceptors (Lipinski definition) is 1. The minimum absolute atomic E-state index is 0.422. The fraction of sp³-hybridized carbons (Fsp3) is 0.786. The lowest BCUT2D eigenvalue weighted by Gasteiger charge is -2.10. The van der Waals surface area contributed by atoms with Crippen molar-refractivity contribution in [3.05, 3.63) is 11.6 Å². The molecule has 0 aromatic carbocycles. The van der Waals surface area contributed by atoms with Crippen LogP contribution in [0.4, 0.5) is 0 Å². The van der Waals surface area contributed by atoms with Crippen molar-refractivity contribution in [2.45, 2.75) is 71.1 Å². The first-order chi connectivity index (χ1) is 7.34. The Labute approximate surface area is 93.9 Å². The number of carbonyl (C=O) groups excluding carboxylic acids is 1. The molecule has 0 unspecified atom stereocenters. The van der Waals surface area contributed by atoms with Crippen LogP contribution in [0.2, 0.25) is 0 Å². The Morgan fingerprint density at radius 2 is 2.00 bits per heavy atom. The smallest absolute Gasteiger partial charge is 0.158 e. The van der Waals surface area contributed by atoms with Gasteiger partial charge in [-0.1, -0.05) is 38.7 Å². The molecule has 0 amide bonds. The number of unbranched alkanes of at least 4 members (excludes halogenated alkanes) is 2. The van der Waals surface area contributed by atoms with E-state index in [4.69, 9.17) is 0 Å². The van der Waals surface area contributed by atoms with Crippen LogP contribution < -0.4 is 0 Å². The maximum atomic E-state index is 11.9. The highest BCUT2D eigenvalue weighted by Gasteiger charge is 2.09. The van der Waals surface area contributed by atoms with Crippen LogP contribution >= 0.6 is 0 Å². The standard InChI is InChI=1S/C14H24O/c1-2-3-7-12-14(15)13-10-8-5-4-6-9-11-13/h10H,2-9,11-12H2,1H3. The fourth-order valence-electron chi connectivity index (χ4n) is 2.14. The van der Waals surface area contributed by atoms with E-state index in [9.17, 15) is 4.79 Å². The Kier molecular flexibility index (Phi) is 6.38. The predicted molar refractivity (Wildman–Crippen MR) is 64.9 cm³/mol. The number of hydrogen-bond donors (Lipinski definition) is 0. The van der Waals surface area contributed by atoms with Crippen LogP contribution in [0.1, 0.15) is 71.1 Å². The van der Waals surface area contributed by atoms with E-state index >= 15 is 0 Å². The highest BCUT2D eigenvalue weighted by Crippen LogP contribution is 2.19. The summed E-state index contributed by atoms with van der Waals surface area (Å²) in [6.07, 6.45) is 13.7. The summed E-state index contributed by atoms with van der Waals surface area (Å²) in [5, 5.41) is 0. The molecule has 86 valence electrons. The minimum Gasteiger partial charge on any atom is -0.295 e. The van der Waals surface area contributed by atoms with Crippen molar-refractivity contribution in [3.63, 3.8) is 0 Å². The molecule has 15 heavy (non-hydrogen) atoms. The van der Waals surface area contributed by atoms with Crippen molar-refractivity contribution in [2.24, 2.45) is 0 Å². The predicted octanol–water partition coefficient (Wildman–Crippen LogP) is 4.42. The van der Waals surface area contributed by atoms with Gasteiger partial charge in [0.05, 0.1) is 0 Å². The van der Waals surface area contributed by atoms with Gasteiger partial charge in [-0.3, -0.25) is 4.79 Å². The molecule has 0 heterocycles. The summed E-state index contributed by atoms with van der Waals surface area (Å²) in [4.78, 5) is 11.9. The normalized spacial score (nSPS) is 17.8. The summed E-state index contributed by atoms with van der Waals surface area (Å²) in [5.74, 6) is 0.422. The molecule has 0 atom stereocenters. The quantitative estimate of drug-likeness (QED) is 0.611. The lowest BCUT2D eigenvalue weighted by Crippen LogP contribution is -2.04. The van der Waals surface area contributed by atoms with Crippen LogP contribution in [-0.4, -0.2) is 5.78 Å². The Balaban J connectivity index is 2.34. The van der Waals surface area contributed by atoms with Gasteiger partial charge in [0.1, 0.15) is 0 Å². The lowest BCUT2D eigenvalue weighted by atomic mass is 9.95. The van der Waals surface area contributed by atoms with Crippen LogP contribution in [0.25, 0.3) is 0 Å². The molecule has 0 aromatic heterocycles. The molecule has 0 radical (unpaired) electrons. The van der Waals surface area contributed by atoms with Crippen LogP contribution in [0.15, 0.2) is 11.6 Å². The van der Waals surface area contributed by atoms with Crippen molar-refractivity contribution >= 4 is 5.78 Å². The molecule has 1 aliphatic carbocycles. The maximum absolute atomic E-state index is 11.9. The van der Waals surface area contributed by atoms with Gasteiger partial charge in [-0.25, -0.2) is 0 Å².